The number of fused-ring (bicyclic) bond motifs is 1. The van der Waals surface area contributed by atoms with E-state index >= 15 is 0 Å². The van der Waals surface area contributed by atoms with E-state index in [1.54, 1.807) is 60.9 Å². The summed E-state index contributed by atoms with van der Waals surface area (Å²) >= 11 is 6.07. The Hall–Kier alpha value is -3.45. The van der Waals surface area contributed by atoms with Gasteiger partial charge in [0.25, 0.3) is 5.91 Å². The number of nitrogens with zero attached hydrogens (tertiary/aromatic N) is 1. The lowest BCUT2D eigenvalue weighted by molar-refractivity contribution is -0.118. The number of anilines is 1. The van der Waals surface area contributed by atoms with Crippen molar-refractivity contribution in [3.8, 4) is 28.7 Å². The molecule has 0 fully saturated rings. The number of halogens is 1. The van der Waals surface area contributed by atoms with Gasteiger partial charge in [0.2, 0.25) is 0 Å². The Balaban J connectivity index is 1.41. The highest BCUT2D eigenvalue weighted by Crippen LogP contribution is 2.34. The molecule has 0 unspecified atom stereocenters. The third-order valence-corrected chi connectivity index (χ3v) is 4.20. The molecule has 29 heavy (non-hydrogen) atoms. The summed E-state index contributed by atoms with van der Waals surface area (Å²) in [6.45, 7) is 0.794. The molecular weight excluding hydrogens is 396 g/mol. The van der Waals surface area contributed by atoms with E-state index in [4.69, 9.17) is 30.5 Å². The van der Waals surface area contributed by atoms with Gasteiger partial charge in [0, 0.05) is 17.3 Å². The minimum atomic E-state index is -0.363. The molecule has 1 amide bonds. The maximum atomic E-state index is 12.4. The van der Waals surface area contributed by atoms with Crippen LogP contribution < -0.4 is 24.3 Å². The summed E-state index contributed by atoms with van der Waals surface area (Å²) in [7, 11) is 0. The first-order chi connectivity index (χ1) is 14.2. The lowest BCUT2D eigenvalue weighted by Gasteiger charge is -2.19. The van der Waals surface area contributed by atoms with Gasteiger partial charge in [-0.15, -0.1) is 0 Å². The largest absolute Gasteiger partial charge is 0.486 e. The van der Waals surface area contributed by atoms with Crippen LogP contribution in [0.3, 0.4) is 0 Å². The molecule has 0 radical (unpaired) electrons. The van der Waals surface area contributed by atoms with Crippen LogP contribution in [0.25, 0.3) is 0 Å². The van der Waals surface area contributed by atoms with Crippen LogP contribution in [0, 0.1) is 0 Å². The molecule has 0 atom stereocenters. The van der Waals surface area contributed by atoms with Crippen LogP contribution in [0.5, 0.6) is 28.7 Å². The van der Waals surface area contributed by atoms with Crippen LogP contribution in [0.1, 0.15) is 0 Å². The van der Waals surface area contributed by atoms with Crippen LogP contribution in [0.15, 0.2) is 60.9 Å². The Kier molecular flexibility index (Phi) is 5.67. The van der Waals surface area contributed by atoms with Crippen molar-refractivity contribution in [2.24, 2.45) is 0 Å². The van der Waals surface area contributed by atoms with E-state index in [-0.39, 0.29) is 12.5 Å². The van der Waals surface area contributed by atoms with Crippen molar-refractivity contribution < 1.29 is 23.7 Å². The molecule has 7 nitrogen and oxygen atoms in total. The average molecular weight is 413 g/mol. The molecule has 2 heterocycles. The van der Waals surface area contributed by atoms with E-state index in [0.29, 0.717) is 52.7 Å². The van der Waals surface area contributed by atoms with Gasteiger partial charge in [-0.05, 0) is 42.5 Å². The number of nitrogens with one attached hydrogen (secondary N) is 1. The monoisotopic (exact) mass is 412 g/mol. The summed E-state index contributed by atoms with van der Waals surface area (Å²) in [6.07, 6.45) is 3.22. The summed E-state index contributed by atoms with van der Waals surface area (Å²) < 4.78 is 22.3. The van der Waals surface area contributed by atoms with Crippen LogP contribution in [-0.4, -0.2) is 30.7 Å². The average Bonchev–Trinajstić information content (AvgIpc) is 2.75. The number of carbonyl (C=O) groups excluding carboxylic acids is 1. The summed E-state index contributed by atoms with van der Waals surface area (Å²) in [4.78, 5) is 16.4. The SMILES string of the molecule is O=C(COc1ccc2c(c1)OCCO2)Nc1cc(Cl)ccc1Oc1cccnc1. The van der Waals surface area contributed by atoms with Gasteiger partial charge in [-0.3, -0.25) is 9.78 Å². The van der Waals surface area contributed by atoms with E-state index in [2.05, 4.69) is 10.3 Å². The first-order valence-corrected chi connectivity index (χ1v) is 9.25. The van der Waals surface area contributed by atoms with Gasteiger partial charge in [-0.2, -0.15) is 0 Å². The van der Waals surface area contributed by atoms with Crippen LogP contribution in [-0.2, 0) is 4.79 Å². The van der Waals surface area contributed by atoms with Gasteiger partial charge >= 0.3 is 0 Å². The molecule has 4 rings (SSSR count). The number of carbonyl (C=O) groups is 1. The fraction of sp³-hybridized carbons (Fsp3) is 0.143. The van der Waals surface area contributed by atoms with Crippen LogP contribution in [0.2, 0.25) is 5.02 Å². The maximum Gasteiger partial charge on any atom is 0.262 e. The predicted octanol–water partition coefficient (Wildman–Crippen LogP) is 4.32. The molecule has 0 spiro atoms. The second-order valence-corrected chi connectivity index (χ2v) is 6.51. The summed E-state index contributed by atoms with van der Waals surface area (Å²) in [5, 5.41) is 3.22. The lowest BCUT2D eigenvalue weighted by atomic mass is 10.3. The molecular formula is C21H17ClN2O5. The Labute approximate surface area is 172 Å². The smallest absolute Gasteiger partial charge is 0.262 e. The highest BCUT2D eigenvalue weighted by atomic mass is 35.5. The zero-order valence-corrected chi connectivity index (χ0v) is 16.0. The molecule has 0 bridgehead atoms. The van der Waals surface area contributed by atoms with Crippen molar-refractivity contribution in [2.75, 3.05) is 25.1 Å². The van der Waals surface area contributed by atoms with E-state index in [9.17, 15) is 4.79 Å². The lowest BCUT2D eigenvalue weighted by Crippen LogP contribution is -2.20. The fourth-order valence-corrected chi connectivity index (χ4v) is 2.84. The van der Waals surface area contributed by atoms with Crippen molar-refractivity contribution in [3.63, 3.8) is 0 Å². The third kappa shape index (κ3) is 4.89. The quantitative estimate of drug-likeness (QED) is 0.649. The second kappa shape index (κ2) is 8.70. The molecule has 3 aromatic rings. The fourth-order valence-electron chi connectivity index (χ4n) is 2.67. The van der Waals surface area contributed by atoms with Crippen molar-refractivity contribution in [1.82, 2.24) is 4.98 Å². The first kappa shape index (κ1) is 18.9. The number of amides is 1. The zero-order valence-electron chi connectivity index (χ0n) is 15.3. The molecule has 1 aliphatic rings. The Morgan fingerprint density at radius 2 is 1.93 bits per heavy atom. The molecule has 148 valence electrons. The highest BCUT2D eigenvalue weighted by molar-refractivity contribution is 6.31. The normalized spacial score (nSPS) is 12.2. The van der Waals surface area contributed by atoms with Crippen molar-refractivity contribution in [3.05, 3.63) is 65.9 Å². The first-order valence-electron chi connectivity index (χ1n) is 8.87. The topological polar surface area (TPSA) is 78.9 Å². The Morgan fingerprint density at radius 1 is 1.07 bits per heavy atom. The number of rotatable bonds is 6. The van der Waals surface area contributed by atoms with Gasteiger partial charge in [0.15, 0.2) is 23.9 Å². The van der Waals surface area contributed by atoms with E-state index in [0.717, 1.165) is 0 Å². The summed E-state index contributed by atoms with van der Waals surface area (Å²) in [5.74, 6) is 2.37. The number of benzene rings is 2. The van der Waals surface area contributed by atoms with Gasteiger partial charge < -0.3 is 24.3 Å². The van der Waals surface area contributed by atoms with Crippen molar-refractivity contribution >= 4 is 23.2 Å². The number of aromatic nitrogens is 1. The molecule has 0 saturated heterocycles. The van der Waals surface area contributed by atoms with Crippen molar-refractivity contribution in [1.29, 1.82) is 0 Å². The Bertz CT molecular complexity index is 1010. The Morgan fingerprint density at radius 3 is 2.76 bits per heavy atom. The van der Waals surface area contributed by atoms with Crippen LogP contribution in [0.4, 0.5) is 5.69 Å². The molecule has 0 aliphatic carbocycles. The minimum absolute atomic E-state index is 0.196. The molecule has 1 aliphatic heterocycles. The maximum absolute atomic E-state index is 12.4. The summed E-state index contributed by atoms with van der Waals surface area (Å²) in [6, 6.07) is 13.6. The van der Waals surface area contributed by atoms with Crippen LogP contribution >= 0.6 is 11.6 Å². The molecule has 2 aromatic carbocycles. The molecule has 1 N–H and O–H groups in total. The highest BCUT2D eigenvalue weighted by Gasteiger charge is 2.14. The number of ether oxygens (including phenoxy) is 4. The molecule has 1 aromatic heterocycles. The minimum Gasteiger partial charge on any atom is -0.486 e. The number of hydrogen-bond acceptors (Lipinski definition) is 6. The van der Waals surface area contributed by atoms with Gasteiger partial charge in [0.1, 0.15) is 24.7 Å². The standard InChI is InChI=1S/C21H17ClN2O5/c22-14-3-5-18(29-16-2-1-7-23-12-16)17(10-14)24-21(25)13-28-15-4-6-19-20(11-15)27-9-8-26-19/h1-7,10-12H,8-9,13H2,(H,24,25). The molecule has 8 heteroatoms. The zero-order chi connectivity index (χ0) is 20.1. The summed E-state index contributed by atoms with van der Waals surface area (Å²) in [5.41, 5.74) is 0.428. The van der Waals surface area contributed by atoms with Crippen molar-refractivity contribution in [2.45, 2.75) is 0 Å². The van der Waals surface area contributed by atoms with E-state index in [1.165, 1.54) is 0 Å². The second-order valence-electron chi connectivity index (χ2n) is 6.07. The number of hydrogen-bond donors (Lipinski definition) is 1. The van der Waals surface area contributed by atoms with Gasteiger partial charge in [-0.1, -0.05) is 11.6 Å². The van der Waals surface area contributed by atoms with E-state index in [1.807, 2.05) is 0 Å². The molecule has 0 saturated carbocycles. The predicted molar refractivity (Wildman–Crippen MR) is 107 cm³/mol. The third-order valence-electron chi connectivity index (χ3n) is 3.96. The van der Waals surface area contributed by atoms with Gasteiger partial charge in [-0.25, -0.2) is 0 Å². The number of pyridine rings is 1. The van der Waals surface area contributed by atoms with E-state index < -0.39 is 0 Å². The van der Waals surface area contributed by atoms with Gasteiger partial charge in [0.05, 0.1) is 11.9 Å².